The molecule has 1 aromatic heterocycles. The van der Waals surface area contributed by atoms with Crippen LogP contribution in [-0.2, 0) is 11.3 Å². The highest BCUT2D eigenvalue weighted by molar-refractivity contribution is 5.97. The molecule has 0 aliphatic rings. The van der Waals surface area contributed by atoms with Crippen molar-refractivity contribution < 1.29 is 9.59 Å². The molecule has 0 atom stereocenters. The molecule has 2 aromatic carbocycles. The second kappa shape index (κ2) is 7.06. The second-order valence-corrected chi connectivity index (χ2v) is 5.59. The van der Waals surface area contributed by atoms with Crippen LogP contribution in [0.15, 0.2) is 58.1 Å². The van der Waals surface area contributed by atoms with Gasteiger partial charge in [-0.1, -0.05) is 18.2 Å². The van der Waals surface area contributed by atoms with Crippen LogP contribution in [0, 0.1) is 0 Å². The van der Waals surface area contributed by atoms with E-state index in [2.05, 4.69) is 15.7 Å². The number of amides is 2. The molecule has 1 heterocycles. The van der Waals surface area contributed by atoms with Gasteiger partial charge in [0.1, 0.15) is 6.54 Å². The number of anilines is 1. The number of hydrogen-bond donors (Lipinski definition) is 3. The molecule has 8 heteroatoms. The van der Waals surface area contributed by atoms with Crippen molar-refractivity contribution in [2.45, 2.75) is 6.54 Å². The lowest BCUT2D eigenvalue weighted by molar-refractivity contribution is -0.117. The van der Waals surface area contributed by atoms with Crippen LogP contribution >= 0.6 is 0 Å². The predicted octanol–water partition coefficient (Wildman–Crippen LogP) is 0.688. The first-order valence-electron chi connectivity index (χ1n) is 7.83. The molecule has 0 radical (unpaired) electrons. The Morgan fingerprint density at radius 1 is 1.04 bits per heavy atom. The standard InChI is InChI=1S/C18H16N4O4/c1-19-16(24)11-5-4-6-12(9-11)20-15(23)10-22-18(26)14-8-3-2-7-13(14)17(25)21-22/h2-9H,10H2,1H3,(H,19,24)(H,20,23)(H,21,25). The molecular weight excluding hydrogens is 336 g/mol. The Hall–Kier alpha value is -3.68. The van der Waals surface area contributed by atoms with Gasteiger partial charge >= 0.3 is 0 Å². The van der Waals surface area contributed by atoms with Crippen LogP contribution in [0.2, 0.25) is 0 Å². The summed E-state index contributed by atoms with van der Waals surface area (Å²) in [4.78, 5) is 48.3. The van der Waals surface area contributed by atoms with E-state index < -0.39 is 17.0 Å². The summed E-state index contributed by atoms with van der Waals surface area (Å²) < 4.78 is 0.961. The predicted molar refractivity (Wildman–Crippen MR) is 97.3 cm³/mol. The number of H-pyrrole nitrogens is 1. The monoisotopic (exact) mass is 352 g/mol. The van der Waals surface area contributed by atoms with Gasteiger partial charge in [-0.15, -0.1) is 0 Å². The van der Waals surface area contributed by atoms with Crippen LogP contribution in [0.25, 0.3) is 10.8 Å². The summed E-state index contributed by atoms with van der Waals surface area (Å²) >= 11 is 0. The minimum Gasteiger partial charge on any atom is -0.355 e. The molecule has 0 fully saturated rings. The number of aromatic nitrogens is 2. The molecule has 3 rings (SSSR count). The Balaban J connectivity index is 1.84. The van der Waals surface area contributed by atoms with Gasteiger partial charge < -0.3 is 10.6 Å². The van der Waals surface area contributed by atoms with Crippen molar-refractivity contribution in [3.8, 4) is 0 Å². The summed E-state index contributed by atoms with van der Waals surface area (Å²) in [5, 5.41) is 8.01. The second-order valence-electron chi connectivity index (χ2n) is 5.59. The van der Waals surface area contributed by atoms with E-state index in [0.29, 0.717) is 11.3 Å². The van der Waals surface area contributed by atoms with E-state index in [9.17, 15) is 19.2 Å². The molecule has 0 saturated carbocycles. The summed E-state index contributed by atoms with van der Waals surface area (Å²) in [7, 11) is 1.51. The number of hydrogen-bond acceptors (Lipinski definition) is 4. The molecule has 0 spiro atoms. The largest absolute Gasteiger partial charge is 0.355 e. The maximum Gasteiger partial charge on any atom is 0.273 e. The van der Waals surface area contributed by atoms with Crippen molar-refractivity contribution in [3.05, 3.63) is 74.8 Å². The number of benzene rings is 2. The van der Waals surface area contributed by atoms with Gasteiger partial charge in [-0.3, -0.25) is 24.3 Å². The zero-order valence-corrected chi connectivity index (χ0v) is 13.9. The normalized spacial score (nSPS) is 10.5. The Morgan fingerprint density at radius 3 is 2.50 bits per heavy atom. The molecule has 0 aliphatic carbocycles. The van der Waals surface area contributed by atoms with Gasteiger partial charge in [0.15, 0.2) is 0 Å². The minimum absolute atomic E-state index is 0.241. The fourth-order valence-corrected chi connectivity index (χ4v) is 2.58. The van der Waals surface area contributed by atoms with Crippen LogP contribution in [0.3, 0.4) is 0 Å². The lowest BCUT2D eigenvalue weighted by atomic mass is 10.2. The van der Waals surface area contributed by atoms with Crippen LogP contribution in [-0.4, -0.2) is 28.6 Å². The fraction of sp³-hybridized carbons (Fsp3) is 0.111. The van der Waals surface area contributed by atoms with Gasteiger partial charge in [-0.2, -0.15) is 0 Å². The Morgan fingerprint density at radius 2 is 1.77 bits per heavy atom. The number of carbonyl (C=O) groups is 2. The first-order valence-corrected chi connectivity index (χ1v) is 7.83. The molecule has 3 N–H and O–H groups in total. The van der Waals surface area contributed by atoms with Crippen molar-refractivity contribution in [2.24, 2.45) is 0 Å². The van der Waals surface area contributed by atoms with Crippen LogP contribution in [0.4, 0.5) is 5.69 Å². The summed E-state index contributed by atoms with van der Waals surface area (Å²) in [6.45, 7) is -0.358. The lowest BCUT2D eigenvalue weighted by Crippen LogP contribution is -2.34. The molecule has 26 heavy (non-hydrogen) atoms. The molecule has 0 bridgehead atoms. The van der Waals surface area contributed by atoms with E-state index in [1.807, 2.05) is 0 Å². The Labute approximate surface area is 147 Å². The average Bonchev–Trinajstić information content (AvgIpc) is 2.65. The topological polar surface area (TPSA) is 113 Å². The highest BCUT2D eigenvalue weighted by Crippen LogP contribution is 2.10. The number of fused-ring (bicyclic) bond motifs is 1. The highest BCUT2D eigenvalue weighted by atomic mass is 16.2. The number of rotatable bonds is 4. The van der Waals surface area contributed by atoms with Crippen molar-refractivity contribution in [3.63, 3.8) is 0 Å². The summed E-state index contributed by atoms with van der Waals surface area (Å²) in [6.07, 6.45) is 0. The van der Waals surface area contributed by atoms with E-state index in [1.54, 1.807) is 36.4 Å². The van der Waals surface area contributed by atoms with Crippen molar-refractivity contribution >= 4 is 28.3 Å². The van der Waals surface area contributed by atoms with Crippen LogP contribution < -0.4 is 21.8 Å². The quantitative estimate of drug-likeness (QED) is 0.641. The van der Waals surface area contributed by atoms with Crippen molar-refractivity contribution in [1.82, 2.24) is 15.1 Å². The van der Waals surface area contributed by atoms with Crippen LogP contribution in [0.5, 0.6) is 0 Å². The number of nitrogens with one attached hydrogen (secondary N) is 3. The zero-order valence-electron chi connectivity index (χ0n) is 13.9. The van der Waals surface area contributed by atoms with Crippen molar-refractivity contribution in [1.29, 1.82) is 0 Å². The maximum atomic E-state index is 12.4. The smallest absolute Gasteiger partial charge is 0.273 e. The maximum absolute atomic E-state index is 12.4. The van der Waals surface area contributed by atoms with E-state index >= 15 is 0 Å². The molecule has 0 unspecified atom stereocenters. The third kappa shape index (κ3) is 3.39. The lowest BCUT2D eigenvalue weighted by Gasteiger charge is -2.09. The first kappa shape index (κ1) is 17.2. The van der Waals surface area contributed by atoms with E-state index in [1.165, 1.54) is 19.2 Å². The van der Waals surface area contributed by atoms with E-state index in [-0.39, 0.29) is 23.2 Å². The summed E-state index contributed by atoms with van der Waals surface area (Å²) in [5.74, 6) is -0.789. The van der Waals surface area contributed by atoms with Crippen molar-refractivity contribution in [2.75, 3.05) is 12.4 Å². The number of carbonyl (C=O) groups excluding carboxylic acids is 2. The van der Waals surface area contributed by atoms with Gasteiger partial charge in [-0.05, 0) is 30.3 Å². The Kier molecular flexibility index (Phi) is 4.66. The van der Waals surface area contributed by atoms with Crippen LogP contribution in [0.1, 0.15) is 10.4 Å². The minimum atomic E-state index is -0.507. The molecule has 0 saturated heterocycles. The number of aromatic amines is 1. The van der Waals surface area contributed by atoms with E-state index in [4.69, 9.17) is 0 Å². The third-order valence-electron chi connectivity index (χ3n) is 3.82. The number of nitrogens with zero attached hydrogens (tertiary/aromatic N) is 1. The van der Waals surface area contributed by atoms with Gasteiger partial charge in [0, 0.05) is 18.3 Å². The van der Waals surface area contributed by atoms with Gasteiger partial charge in [0.2, 0.25) is 5.91 Å². The molecule has 0 aliphatic heterocycles. The van der Waals surface area contributed by atoms with E-state index in [0.717, 1.165) is 4.68 Å². The third-order valence-corrected chi connectivity index (χ3v) is 3.82. The Bertz CT molecular complexity index is 1110. The first-order chi connectivity index (χ1) is 12.5. The van der Waals surface area contributed by atoms with Gasteiger partial charge in [0.05, 0.1) is 10.8 Å². The summed E-state index contributed by atoms with van der Waals surface area (Å²) in [5.41, 5.74) is -0.113. The van der Waals surface area contributed by atoms with Gasteiger partial charge in [0.25, 0.3) is 17.0 Å². The molecular formula is C18H16N4O4. The highest BCUT2D eigenvalue weighted by Gasteiger charge is 2.11. The SMILES string of the molecule is CNC(=O)c1cccc(NC(=O)Cn2[nH]c(=O)c3ccccc3c2=O)c1. The molecule has 8 nitrogen and oxygen atoms in total. The molecule has 132 valence electrons. The molecule has 2 amide bonds. The van der Waals surface area contributed by atoms with Gasteiger partial charge in [-0.25, -0.2) is 4.68 Å². The average molecular weight is 352 g/mol. The zero-order chi connectivity index (χ0) is 18.7. The molecule has 3 aromatic rings. The summed E-state index contributed by atoms with van der Waals surface area (Å²) in [6, 6.07) is 12.8. The fourth-order valence-electron chi connectivity index (χ4n) is 2.58.